The van der Waals surface area contributed by atoms with Crippen LogP contribution in [0.15, 0.2) is 30.3 Å². The Morgan fingerprint density at radius 1 is 1.14 bits per heavy atom. The molecular formula is C16H19Cl3O2. The van der Waals surface area contributed by atoms with Crippen LogP contribution in [0.1, 0.15) is 43.6 Å². The van der Waals surface area contributed by atoms with Gasteiger partial charge in [0.15, 0.2) is 0 Å². The van der Waals surface area contributed by atoms with Crippen LogP contribution in [0.5, 0.6) is 0 Å². The third-order valence-corrected chi connectivity index (χ3v) is 4.24. The van der Waals surface area contributed by atoms with Crippen molar-refractivity contribution in [1.29, 1.82) is 0 Å². The standard InChI is InChI=1S/C16H19Cl3O2/c17-16(18,19)11-21-15(20)14(12-7-3-1-4-8-12)13-9-5-2-6-10-13/h1,3-4,7-8,13-14H,2,5-6,9-11H2. The Bertz CT molecular complexity index is 450. The molecule has 116 valence electrons. The van der Waals surface area contributed by atoms with E-state index < -0.39 is 3.79 Å². The zero-order valence-corrected chi connectivity index (χ0v) is 14.0. The van der Waals surface area contributed by atoms with Crippen molar-refractivity contribution in [3.63, 3.8) is 0 Å². The number of alkyl halides is 3. The average molecular weight is 350 g/mol. The van der Waals surface area contributed by atoms with E-state index in [9.17, 15) is 4.79 Å². The van der Waals surface area contributed by atoms with E-state index in [1.54, 1.807) is 0 Å². The zero-order chi connectivity index (χ0) is 15.3. The number of carbonyl (C=O) groups is 1. The summed E-state index contributed by atoms with van der Waals surface area (Å²) < 4.78 is 3.68. The molecule has 1 saturated carbocycles. The van der Waals surface area contributed by atoms with Gasteiger partial charge in [0.2, 0.25) is 3.79 Å². The highest BCUT2D eigenvalue weighted by Crippen LogP contribution is 2.37. The Morgan fingerprint density at radius 3 is 2.33 bits per heavy atom. The van der Waals surface area contributed by atoms with Crippen LogP contribution in [0.25, 0.3) is 0 Å². The lowest BCUT2D eigenvalue weighted by Crippen LogP contribution is -2.28. The second kappa shape index (κ2) is 7.71. The Labute approximate surface area is 140 Å². The molecular weight excluding hydrogens is 331 g/mol. The number of halogens is 3. The minimum Gasteiger partial charge on any atom is -0.461 e. The summed E-state index contributed by atoms with van der Waals surface area (Å²) in [5.74, 6) is -0.248. The highest BCUT2D eigenvalue weighted by atomic mass is 35.6. The highest BCUT2D eigenvalue weighted by molar-refractivity contribution is 6.67. The molecule has 0 bridgehead atoms. The fourth-order valence-corrected chi connectivity index (χ4v) is 3.13. The second-order valence-electron chi connectivity index (χ2n) is 5.51. The van der Waals surface area contributed by atoms with Crippen LogP contribution in [0.2, 0.25) is 0 Å². The molecule has 1 atom stereocenters. The third kappa shape index (κ3) is 5.36. The topological polar surface area (TPSA) is 26.3 Å². The van der Waals surface area contributed by atoms with Gasteiger partial charge in [-0.2, -0.15) is 0 Å². The van der Waals surface area contributed by atoms with E-state index in [1.807, 2.05) is 30.3 Å². The number of benzene rings is 1. The summed E-state index contributed by atoms with van der Waals surface area (Å²) >= 11 is 17.0. The molecule has 0 aliphatic heterocycles. The van der Waals surface area contributed by atoms with Gasteiger partial charge in [-0.15, -0.1) is 0 Å². The van der Waals surface area contributed by atoms with Crippen molar-refractivity contribution >= 4 is 40.8 Å². The lowest BCUT2D eigenvalue weighted by Gasteiger charge is -2.29. The molecule has 1 fully saturated rings. The number of carbonyl (C=O) groups excluding carboxylic acids is 1. The molecule has 21 heavy (non-hydrogen) atoms. The van der Waals surface area contributed by atoms with Gasteiger partial charge in [-0.25, -0.2) is 0 Å². The smallest absolute Gasteiger partial charge is 0.313 e. The van der Waals surface area contributed by atoms with Crippen molar-refractivity contribution in [2.45, 2.75) is 41.8 Å². The third-order valence-electron chi connectivity index (χ3n) is 3.91. The second-order valence-corrected chi connectivity index (χ2v) is 8.03. The average Bonchev–Trinajstić information content (AvgIpc) is 2.47. The van der Waals surface area contributed by atoms with Crippen molar-refractivity contribution in [1.82, 2.24) is 0 Å². The Balaban J connectivity index is 2.13. The van der Waals surface area contributed by atoms with Crippen LogP contribution >= 0.6 is 34.8 Å². The van der Waals surface area contributed by atoms with Crippen molar-refractivity contribution in [3.8, 4) is 0 Å². The molecule has 1 aliphatic rings. The summed E-state index contributed by atoms with van der Waals surface area (Å²) in [5.41, 5.74) is 0.985. The minimum absolute atomic E-state index is 0.216. The summed E-state index contributed by atoms with van der Waals surface area (Å²) in [6.45, 7) is -0.216. The van der Waals surface area contributed by atoms with Crippen molar-refractivity contribution in [2.75, 3.05) is 6.61 Å². The molecule has 1 aromatic carbocycles. The maximum atomic E-state index is 12.5. The van der Waals surface area contributed by atoms with E-state index in [2.05, 4.69) is 0 Å². The van der Waals surface area contributed by atoms with Gasteiger partial charge in [0.05, 0.1) is 5.92 Å². The van der Waals surface area contributed by atoms with Gasteiger partial charge in [0.1, 0.15) is 6.61 Å². The molecule has 0 N–H and O–H groups in total. The highest BCUT2D eigenvalue weighted by Gasteiger charge is 2.33. The molecule has 0 heterocycles. The summed E-state index contributed by atoms with van der Waals surface area (Å²) in [4.78, 5) is 12.5. The molecule has 0 radical (unpaired) electrons. The summed E-state index contributed by atoms with van der Waals surface area (Å²) in [6.07, 6.45) is 5.64. The predicted molar refractivity (Wildman–Crippen MR) is 87.0 cm³/mol. The Morgan fingerprint density at radius 2 is 1.76 bits per heavy atom. The van der Waals surface area contributed by atoms with Gasteiger partial charge in [-0.05, 0) is 24.3 Å². The molecule has 0 amide bonds. The number of hydrogen-bond donors (Lipinski definition) is 0. The first-order chi connectivity index (χ1) is 9.97. The van der Waals surface area contributed by atoms with Crippen LogP contribution in [-0.2, 0) is 9.53 Å². The van der Waals surface area contributed by atoms with Crippen molar-refractivity contribution in [3.05, 3.63) is 35.9 Å². The summed E-state index contributed by atoms with van der Waals surface area (Å²) in [6, 6.07) is 9.75. The SMILES string of the molecule is O=C(OCC(Cl)(Cl)Cl)C(c1ccccc1)C1CCCCC1. The van der Waals surface area contributed by atoms with E-state index in [4.69, 9.17) is 39.5 Å². The maximum absolute atomic E-state index is 12.5. The van der Waals surface area contributed by atoms with E-state index in [1.165, 1.54) is 6.42 Å². The summed E-state index contributed by atoms with van der Waals surface area (Å²) in [7, 11) is 0. The fourth-order valence-electron chi connectivity index (χ4n) is 2.97. The van der Waals surface area contributed by atoms with Gasteiger partial charge in [0, 0.05) is 0 Å². The molecule has 1 aromatic rings. The number of rotatable bonds is 4. The van der Waals surface area contributed by atoms with Gasteiger partial charge >= 0.3 is 5.97 Å². The largest absolute Gasteiger partial charge is 0.461 e. The van der Waals surface area contributed by atoms with Crippen LogP contribution in [0.4, 0.5) is 0 Å². The van der Waals surface area contributed by atoms with Crippen molar-refractivity contribution < 1.29 is 9.53 Å². The zero-order valence-electron chi connectivity index (χ0n) is 11.7. The normalized spacial score (nSPS) is 18.2. The lowest BCUT2D eigenvalue weighted by molar-refractivity contribution is -0.147. The first-order valence-corrected chi connectivity index (χ1v) is 8.39. The van der Waals surface area contributed by atoms with Crippen LogP contribution < -0.4 is 0 Å². The summed E-state index contributed by atoms with van der Waals surface area (Å²) in [5, 5.41) is 0. The molecule has 5 heteroatoms. The van der Waals surface area contributed by atoms with E-state index in [-0.39, 0.29) is 18.5 Å². The van der Waals surface area contributed by atoms with E-state index in [0.29, 0.717) is 5.92 Å². The van der Waals surface area contributed by atoms with Crippen LogP contribution in [0, 0.1) is 5.92 Å². The quantitative estimate of drug-likeness (QED) is 0.547. The Hall–Kier alpha value is -0.440. The number of hydrogen-bond acceptors (Lipinski definition) is 2. The van der Waals surface area contributed by atoms with Gasteiger partial charge in [0.25, 0.3) is 0 Å². The predicted octanol–water partition coefficient (Wildman–Crippen LogP) is 5.26. The van der Waals surface area contributed by atoms with Gasteiger partial charge in [-0.3, -0.25) is 4.79 Å². The maximum Gasteiger partial charge on any atom is 0.313 e. The van der Waals surface area contributed by atoms with E-state index >= 15 is 0 Å². The Kier molecular flexibility index (Phi) is 6.21. The molecule has 0 spiro atoms. The van der Waals surface area contributed by atoms with Crippen LogP contribution in [-0.4, -0.2) is 16.4 Å². The first-order valence-electron chi connectivity index (χ1n) is 7.26. The van der Waals surface area contributed by atoms with Gasteiger partial charge < -0.3 is 4.74 Å². The molecule has 2 nitrogen and oxygen atoms in total. The first kappa shape index (κ1) is 16.9. The monoisotopic (exact) mass is 348 g/mol. The lowest BCUT2D eigenvalue weighted by atomic mass is 9.77. The molecule has 1 aliphatic carbocycles. The molecule has 1 unspecified atom stereocenters. The molecule has 0 aromatic heterocycles. The van der Waals surface area contributed by atoms with Gasteiger partial charge in [-0.1, -0.05) is 84.4 Å². The fraction of sp³-hybridized carbons (Fsp3) is 0.562. The molecule has 0 saturated heterocycles. The van der Waals surface area contributed by atoms with E-state index in [0.717, 1.165) is 31.2 Å². The number of esters is 1. The number of ether oxygens (including phenoxy) is 1. The molecule has 2 rings (SSSR count). The minimum atomic E-state index is -1.57. The van der Waals surface area contributed by atoms with Crippen LogP contribution in [0.3, 0.4) is 0 Å². The van der Waals surface area contributed by atoms with Crippen molar-refractivity contribution in [2.24, 2.45) is 5.92 Å².